The Balaban J connectivity index is 1.87. The minimum absolute atomic E-state index is 0.193. The number of sulfonamides is 1. The van der Waals surface area contributed by atoms with Gasteiger partial charge in [-0.25, -0.2) is 13.1 Å². The molecule has 4 nitrogen and oxygen atoms in total. The van der Waals surface area contributed by atoms with Gasteiger partial charge >= 0.3 is 0 Å². The number of halogens is 1. The van der Waals surface area contributed by atoms with Crippen LogP contribution >= 0.6 is 15.9 Å². The Morgan fingerprint density at radius 1 is 1.31 bits per heavy atom. The van der Waals surface area contributed by atoms with E-state index in [9.17, 15) is 8.42 Å². The SMILES string of the molecule is O=S(=O)(NCC1(CBr)CC1)C1CCOCC1. The summed E-state index contributed by atoms with van der Waals surface area (Å²) in [6.45, 7) is 1.71. The number of alkyl halides is 1. The summed E-state index contributed by atoms with van der Waals surface area (Å²) in [6.07, 6.45) is 3.48. The summed E-state index contributed by atoms with van der Waals surface area (Å²) in [6, 6.07) is 0. The number of nitrogens with one attached hydrogen (secondary N) is 1. The Hall–Kier alpha value is 0.350. The largest absolute Gasteiger partial charge is 0.381 e. The quantitative estimate of drug-likeness (QED) is 0.778. The van der Waals surface area contributed by atoms with Crippen LogP contribution in [-0.2, 0) is 14.8 Å². The molecular formula is C10H18BrNO3S. The molecule has 1 aliphatic heterocycles. The van der Waals surface area contributed by atoms with E-state index in [0.29, 0.717) is 32.6 Å². The molecule has 0 radical (unpaired) electrons. The van der Waals surface area contributed by atoms with Crippen LogP contribution in [0.15, 0.2) is 0 Å². The second kappa shape index (κ2) is 4.92. The zero-order chi connectivity index (χ0) is 11.6. The first-order chi connectivity index (χ1) is 7.58. The van der Waals surface area contributed by atoms with Crippen molar-refractivity contribution in [2.24, 2.45) is 5.41 Å². The van der Waals surface area contributed by atoms with Crippen LogP contribution in [0.25, 0.3) is 0 Å². The molecule has 1 heterocycles. The summed E-state index contributed by atoms with van der Waals surface area (Å²) in [5.74, 6) is 0. The molecule has 1 saturated carbocycles. The molecule has 2 rings (SSSR count). The predicted molar refractivity (Wildman–Crippen MR) is 66.2 cm³/mol. The molecule has 0 atom stereocenters. The Kier molecular flexibility index (Phi) is 3.93. The van der Waals surface area contributed by atoms with E-state index in [-0.39, 0.29) is 10.7 Å². The standard InChI is InChI=1S/C10H18BrNO3S/c11-7-10(3-4-10)8-12-16(13,14)9-1-5-15-6-2-9/h9,12H,1-8H2. The highest BCUT2D eigenvalue weighted by Crippen LogP contribution is 2.46. The van der Waals surface area contributed by atoms with E-state index in [1.165, 1.54) is 0 Å². The first-order valence-corrected chi connectivity index (χ1v) is 8.37. The van der Waals surface area contributed by atoms with Crippen molar-refractivity contribution in [3.63, 3.8) is 0 Å². The lowest BCUT2D eigenvalue weighted by molar-refractivity contribution is 0.0981. The van der Waals surface area contributed by atoms with Crippen LogP contribution in [0.2, 0.25) is 0 Å². The molecule has 0 aromatic carbocycles. The van der Waals surface area contributed by atoms with Crippen molar-refractivity contribution in [2.45, 2.75) is 30.9 Å². The lowest BCUT2D eigenvalue weighted by Gasteiger charge is -2.23. The maximum Gasteiger partial charge on any atom is 0.214 e. The van der Waals surface area contributed by atoms with Crippen molar-refractivity contribution in [3.8, 4) is 0 Å². The van der Waals surface area contributed by atoms with Crippen LogP contribution < -0.4 is 4.72 Å². The minimum atomic E-state index is -3.14. The third kappa shape index (κ3) is 2.97. The van der Waals surface area contributed by atoms with Gasteiger partial charge in [-0.15, -0.1) is 0 Å². The molecule has 1 N–H and O–H groups in total. The third-order valence-electron chi connectivity index (χ3n) is 3.50. The van der Waals surface area contributed by atoms with E-state index in [2.05, 4.69) is 20.7 Å². The molecule has 2 aliphatic rings. The van der Waals surface area contributed by atoms with Crippen molar-refractivity contribution in [1.29, 1.82) is 0 Å². The van der Waals surface area contributed by atoms with Crippen LogP contribution in [-0.4, -0.2) is 38.8 Å². The van der Waals surface area contributed by atoms with Gasteiger partial charge in [-0.1, -0.05) is 15.9 Å². The second-order valence-electron chi connectivity index (χ2n) is 4.81. The molecule has 1 aliphatic carbocycles. The van der Waals surface area contributed by atoms with E-state index in [1.807, 2.05) is 0 Å². The van der Waals surface area contributed by atoms with Gasteiger partial charge in [0.25, 0.3) is 0 Å². The maximum atomic E-state index is 12.0. The summed E-state index contributed by atoms with van der Waals surface area (Å²) >= 11 is 3.44. The van der Waals surface area contributed by atoms with Gasteiger partial charge in [0, 0.05) is 25.1 Å². The molecular weight excluding hydrogens is 294 g/mol. The highest BCUT2D eigenvalue weighted by molar-refractivity contribution is 9.09. The number of ether oxygens (including phenoxy) is 1. The molecule has 0 amide bonds. The summed E-state index contributed by atoms with van der Waals surface area (Å²) in [4.78, 5) is 0. The van der Waals surface area contributed by atoms with E-state index < -0.39 is 10.0 Å². The highest BCUT2D eigenvalue weighted by Gasteiger charge is 2.42. The van der Waals surface area contributed by atoms with E-state index >= 15 is 0 Å². The molecule has 0 aromatic rings. The van der Waals surface area contributed by atoms with Gasteiger partial charge in [-0.2, -0.15) is 0 Å². The number of hydrogen-bond donors (Lipinski definition) is 1. The third-order valence-corrected chi connectivity index (χ3v) is 6.58. The minimum Gasteiger partial charge on any atom is -0.381 e. The molecule has 0 aromatic heterocycles. The Labute approximate surface area is 105 Å². The molecule has 16 heavy (non-hydrogen) atoms. The van der Waals surface area contributed by atoms with Crippen LogP contribution in [0.1, 0.15) is 25.7 Å². The van der Waals surface area contributed by atoms with Crippen molar-refractivity contribution in [3.05, 3.63) is 0 Å². The molecule has 6 heteroatoms. The fraction of sp³-hybridized carbons (Fsp3) is 1.00. The topological polar surface area (TPSA) is 55.4 Å². The van der Waals surface area contributed by atoms with Crippen molar-refractivity contribution < 1.29 is 13.2 Å². The average molecular weight is 312 g/mol. The second-order valence-corrected chi connectivity index (χ2v) is 7.42. The first-order valence-electron chi connectivity index (χ1n) is 5.70. The Morgan fingerprint density at radius 2 is 1.94 bits per heavy atom. The van der Waals surface area contributed by atoms with Crippen LogP contribution in [0.4, 0.5) is 0 Å². The highest BCUT2D eigenvalue weighted by atomic mass is 79.9. The number of rotatable bonds is 5. The maximum absolute atomic E-state index is 12.0. The van der Waals surface area contributed by atoms with Crippen LogP contribution in [0.5, 0.6) is 0 Å². The zero-order valence-electron chi connectivity index (χ0n) is 9.25. The van der Waals surface area contributed by atoms with Gasteiger partial charge in [0.1, 0.15) is 0 Å². The van der Waals surface area contributed by atoms with Gasteiger partial charge in [0.05, 0.1) is 5.25 Å². The fourth-order valence-corrected chi connectivity index (χ4v) is 4.21. The van der Waals surface area contributed by atoms with Gasteiger partial charge in [0.2, 0.25) is 10.0 Å². The lowest BCUT2D eigenvalue weighted by atomic mass is 10.1. The van der Waals surface area contributed by atoms with E-state index in [1.54, 1.807) is 0 Å². The van der Waals surface area contributed by atoms with Gasteiger partial charge in [-0.3, -0.25) is 0 Å². The Morgan fingerprint density at radius 3 is 2.44 bits per heavy atom. The van der Waals surface area contributed by atoms with Crippen LogP contribution in [0, 0.1) is 5.41 Å². The summed E-state index contributed by atoms with van der Waals surface area (Å²) < 4.78 is 31.9. The summed E-state index contributed by atoms with van der Waals surface area (Å²) in [7, 11) is -3.14. The van der Waals surface area contributed by atoms with Crippen molar-refractivity contribution in [2.75, 3.05) is 25.1 Å². The molecule has 2 fully saturated rings. The van der Waals surface area contributed by atoms with Crippen LogP contribution in [0.3, 0.4) is 0 Å². The van der Waals surface area contributed by atoms with Gasteiger partial charge in [-0.05, 0) is 31.1 Å². The normalized spacial score (nSPS) is 25.6. The van der Waals surface area contributed by atoms with Gasteiger partial charge in [0.15, 0.2) is 0 Å². The molecule has 1 saturated heterocycles. The summed E-state index contributed by atoms with van der Waals surface area (Å²) in [5.41, 5.74) is 0.193. The Bertz CT molecular complexity index is 334. The van der Waals surface area contributed by atoms with Gasteiger partial charge < -0.3 is 4.74 Å². The van der Waals surface area contributed by atoms with Crippen molar-refractivity contribution >= 4 is 26.0 Å². The fourth-order valence-electron chi connectivity index (χ4n) is 1.89. The summed E-state index contributed by atoms with van der Waals surface area (Å²) in [5, 5.41) is 0.628. The zero-order valence-corrected chi connectivity index (χ0v) is 11.6. The smallest absolute Gasteiger partial charge is 0.214 e. The van der Waals surface area contributed by atoms with Crippen molar-refractivity contribution in [1.82, 2.24) is 4.72 Å². The average Bonchev–Trinajstić information content (AvgIpc) is 3.09. The number of hydrogen-bond acceptors (Lipinski definition) is 3. The molecule has 0 unspecified atom stereocenters. The predicted octanol–water partition coefficient (Wildman–Crippen LogP) is 1.26. The lowest BCUT2D eigenvalue weighted by Crippen LogP contribution is -2.40. The molecule has 0 spiro atoms. The van der Waals surface area contributed by atoms with E-state index in [4.69, 9.17) is 4.74 Å². The molecule has 0 bridgehead atoms. The molecule has 94 valence electrons. The first kappa shape index (κ1) is 12.8. The van der Waals surface area contributed by atoms with E-state index in [0.717, 1.165) is 18.2 Å². The monoisotopic (exact) mass is 311 g/mol.